The van der Waals surface area contributed by atoms with Gasteiger partial charge in [0.1, 0.15) is 0 Å². The number of amides is 3. The Kier molecular flexibility index (Phi) is 3.23. The summed E-state index contributed by atoms with van der Waals surface area (Å²) in [5, 5.41) is 0. The molecule has 2 aliphatic heterocycles. The number of imide groups is 1. The molecule has 2 aromatic rings. The summed E-state index contributed by atoms with van der Waals surface area (Å²) in [7, 11) is 0. The molecule has 5 heteroatoms. The van der Waals surface area contributed by atoms with Gasteiger partial charge in [0.2, 0.25) is 5.91 Å². The maximum absolute atomic E-state index is 12.6. The summed E-state index contributed by atoms with van der Waals surface area (Å²) in [5.41, 5.74) is 2.04. The van der Waals surface area contributed by atoms with Crippen molar-refractivity contribution < 1.29 is 14.4 Å². The topological polar surface area (TPSA) is 57.7 Å². The van der Waals surface area contributed by atoms with E-state index in [-0.39, 0.29) is 23.8 Å². The van der Waals surface area contributed by atoms with Crippen LogP contribution in [0.1, 0.15) is 40.5 Å². The molecule has 1 saturated heterocycles. The second kappa shape index (κ2) is 5.30. The molecule has 3 amide bonds. The number of carbonyl (C=O) groups is 3. The average Bonchev–Trinajstić information content (AvgIpc) is 3.05. The van der Waals surface area contributed by atoms with E-state index in [0.29, 0.717) is 23.2 Å². The summed E-state index contributed by atoms with van der Waals surface area (Å²) in [6.45, 7) is 2.00. The quantitative estimate of drug-likeness (QED) is 0.799. The Morgan fingerprint density at radius 3 is 2.08 bits per heavy atom. The first-order chi connectivity index (χ1) is 11.6. The standard InChI is InChI=1S/C19H16N2O3/c1-12-9-10-17(22)20(12)13-5-4-6-14(11-13)21-18(23)15-7-2-3-8-16(15)19(21)24/h2-8,11-12H,9-10H2,1H3. The number of benzene rings is 2. The Bertz CT molecular complexity index is 839. The highest BCUT2D eigenvalue weighted by Gasteiger charge is 2.37. The minimum atomic E-state index is -0.325. The van der Waals surface area contributed by atoms with Crippen LogP contribution in [0.5, 0.6) is 0 Å². The predicted molar refractivity (Wildman–Crippen MR) is 90.2 cm³/mol. The summed E-state index contributed by atoms with van der Waals surface area (Å²) in [6.07, 6.45) is 1.34. The molecule has 24 heavy (non-hydrogen) atoms. The largest absolute Gasteiger partial charge is 0.310 e. The number of carbonyl (C=O) groups excluding carboxylic acids is 3. The fourth-order valence-electron chi connectivity index (χ4n) is 3.43. The molecule has 0 radical (unpaired) electrons. The smallest absolute Gasteiger partial charge is 0.266 e. The monoisotopic (exact) mass is 320 g/mol. The van der Waals surface area contributed by atoms with Gasteiger partial charge >= 0.3 is 0 Å². The zero-order chi connectivity index (χ0) is 16.8. The van der Waals surface area contributed by atoms with Crippen LogP contribution in [0.25, 0.3) is 0 Å². The van der Waals surface area contributed by atoms with Crippen LogP contribution >= 0.6 is 0 Å². The lowest BCUT2D eigenvalue weighted by molar-refractivity contribution is -0.117. The molecule has 4 rings (SSSR count). The molecule has 120 valence electrons. The molecule has 2 aliphatic rings. The minimum absolute atomic E-state index is 0.0713. The van der Waals surface area contributed by atoms with Crippen molar-refractivity contribution in [2.24, 2.45) is 0 Å². The summed E-state index contributed by atoms with van der Waals surface area (Å²) >= 11 is 0. The van der Waals surface area contributed by atoms with Gasteiger partial charge in [0.25, 0.3) is 11.8 Å². The molecule has 0 N–H and O–H groups in total. The van der Waals surface area contributed by atoms with Crippen molar-refractivity contribution in [1.82, 2.24) is 0 Å². The number of anilines is 2. The van der Waals surface area contributed by atoms with Gasteiger partial charge in [-0.3, -0.25) is 14.4 Å². The maximum Gasteiger partial charge on any atom is 0.266 e. The van der Waals surface area contributed by atoms with Crippen molar-refractivity contribution in [3.63, 3.8) is 0 Å². The third-order valence-corrected chi connectivity index (χ3v) is 4.65. The van der Waals surface area contributed by atoms with Gasteiger partial charge < -0.3 is 4.90 Å². The summed E-state index contributed by atoms with van der Waals surface area (Å²) in [6, 6.07) is 14.0. The van der Waals surface area contributed by atoms with E-state index in [2.05, 4.69) is 0 Å². The van der Waals surface area contributed by atoms with Crippen molar-refractivity contribution in [1.29, 1.82) is 0 Å². The average molecular weight is 320 g/mol. The van der Waals surface area contributed by atoms with Crippen molar-refractivity contribution in [3.8, 4) is 0 Å². The highest BCUT2D eigenvalue weighted by Crippen LogP contribution is 2.33. The zero-order valence-electron chi connectivity index (χ0n) is 13.2. The maximum atomic E-state index is 12.6. The lowest BCUT2D eigenvalue weighted by Gasteiger charge is -2.23. The Labute approximate surface area is 139 Å². The van der Waals surface area contributed by atoms with E-state index < -0.39 is 0 Å². The summed E-state index contributed by atoms with van der Waals surface area (Å²) in [4.78, 5) is 40.2. The van der Waals surface area contributed by atoms with Crippen molar-refractivity contribution in [2.75, 3.05) is 9.80 Å². The number of nitrogens with zero attached hydrogens (tertiary/aromatic N) is 2. The molecule has 0 spiro atoms. The number of fused-ring (bicyclic) bond motifs is 1. The number of hydrogen-bond donors (Lipinski definition) is 0. The first-order valence-electron chi connectivity index (χ1n) is 7.98. The van der Waals surface area contributed by atoms with Crippen LogP contribution in [0.3, 0.4) is 0 Å². The Hall–Kier alpha value is -2.95. The Morgan fingerprint density at radius 2 is 1.50 bits per heavy atom. The van der Waals surface area contributed by atoms with Gasteiger partial charge in [-0.25, -0.2) is 4.90 Å². The minimum Gasteiger partial charge on any atom is -0.310 e. The van der Waals surface area contributed by atoms with Crippen LogP contribution in [0.4, 0.5) is 11.4 Å². The van der Waals surface area contributed by atoms with Gasteiger partial charge in [-0.15, -0.1) is 0 Å². The molecular weight excluding hydrogens is 304 g/mol. The Balaban J connectivity index is 1.74. The van der Waals surface area contributed by atoms with E-state index >= 15 is 0 Å². The summed E-state index contributed by atoms with van der Waals surface area (Å²) in [5.74, 6) is -0.580. The van der Waals surface area contributed by atoms with Gasteiger partial charge in [0.05, 0.1) is 16.8 Å². The van der Waals surface area contributed by atoms with Gasteiger partial charge in [0.15, 0.2) is 0 Å². The van der Waals surface area contributed by atoms with Gasteiger partial charge in [-0.2, -0.15) is 0 Å². The number of hydrogen-bond acceptors (Lipinski definition) is 3. The third-order valence-electron chi connectivity index (χ3n) is 4.65. The van der Waals surface area contributed by atoms with Gasteiger partial charge in [-0.05, 0) is 43.7 Å². The third kappa shape index (κ3) is 2.05. The lowest BCUT2D eigenvalue weighted by atomic mass is 10.1. The fraction of sp³-hybridized carbons (Fsp3) is 0.211. The van der Waals surface area contributed by atoms with Crippen molar-refractivity contribution >= 4 is 29.1 Å². The lowest BCUT2D eigenvalue weighted by Crippen LogP contribution is -2.32. The highest BCUT2D eigenvalue weighted by atomic mass is 16.2. The molecule has 0 aromatic heterocycles. The molecule has 5 nitrogen and oxygen atoms in total. The first-order valence-corrected chi connectivity index (χ1v) is 7.98. The van der Waals surface area contributed by atoms with Crippen LogP contribution in [-0.4, -0.2) is 23.8 Å². The van der Waals surface area contributed by atoms with Crippen molar-refractivity contribution in [3.05, 3.63) is 59.7 Å². The van der Waals surface area contributed by atoms with Crippen LogP contribution in [0.2, 0.25) is 0 Å². The van der Waals surface area contributed by atoms with E-state index in [1.54, 1.807) is 47.4 Å². The van der Waals surface area contributed by atoms with E-state index in [1.807, 2.05) is 13.0 Å². The second-order valence-electron chi connectivity index (χ2n) is 6.16. The van der Waals surface area contributed by atoms with Crippen LogP contribution in [0, 0.1) is 0 Å². The van der Waals surface area contributed by atoms with E-state index in [9.17, 15) is 14.4 Å². The van der Waals surface area contributed by atoms with Gasteiger partial charge in [-0.1, -0.05) is 18.2 Å². The molecule has 1 fully saturated rings. The van der Waals surface area contributed by atoms with Crippen molar-refractivity contribution in [2.45, 2.75) is 25.8 Å². The molecule has 2 heterocycles. The van der Waals surface area contributed by atoms with Crippen LogP contribution < -0.4 is 9.80 Å². The molecule has 1 atom stereocenters. The van der Waals surface area contributed by atoms with E-state index in [4.69, 9.17) is 0 Å². The number of rotatable bonds is 2. The van der Waals surface area contributed by atoms with Crippen LogP contribution in [0.15, 0.2) is 48.5 Å². The SMILES string of the molecule is CC1CCC(=O)N1c1cccc(N2C(=O)c3ccccc3C2=O)c1. The molecule has 2 aromatic carbocycles. The van der Waals surface area contributed by atoms with E-state index in [1.165, 1.54) is 4.90 Å². The molecule has 0 aliphatic carbocycles. The van der Waals surface area contributed by atoms with Crippen LogP contribution in [-0.2, 0) is 4.79 Å². The zero-order valence-corrected chi connectivity index (χ0v) is 13.2. The second-order valence-corrected chi connectivity index (χ2v) is 6.16. The Morgan fingerprint density at radius 1 is 0.875 bits per heavy atom. The van der Waals surface area contributed by atoms with Gasteiger partial charge in [0, 0.05) is 18.2 Å². The molecule has 1 unspecified atom stereocenters. The fourth-order valence-corrected chi connectivity index (χ4v) is 3.43. The molecule has 0 saturated carbocycles. The normalized spacial score (nSPS) is 20.0. The molecule has 0 bridgehead atoms. The summed E-state index contributed by atoms with van der Waals surface area (Å²) < 4.78 is 0. The molecular formula is C19H16N2O3. The predicted octanol–water partition coefficient (Wildman–Crippen LogP) is 3.00. The van der Waals surface area contributed by atoms with E-state index in [0.717, 1.165) is 12.1 Å². The first kappa shape index (κ1) is 14.6. The highest BCUT2D eigenvalue weighted by molar-refractivity contribution is 6.34.